The van der Waals surface area contributed by atoms with Gasteiger partial charge < -0.3 is 15.2 Å². The van der Waals surface area contributed by atoms with E-state index in [0.717, 1.165) is 10.8 Å². The number of nitrogens with two attached hydrogens (primary N) is 1. The number of esters is 1. The molecule has 0 amide bonds. The van der Waals surface area contributed by atoms with Crippen LogP contribution in [0.5, 0.6) is 11.5 Å². The predicted octanol–water partition coefficient (Wildman–Crippen LogP) is 2.75. The summed E-state index contributed by atoms with van der Waals surface area (Å²) in [6.07, 6.45) is 0.287. The number of nitrogen functional groups attached to an aromatic ring is 1. The Labute approximate surface area is 105 Å². The van der Waals surface area contributed by atoms with Crippen molar-refractivity contribution in [3.63, 3.8) is 0 Å². The number of benzene rings is 2. The first-order valence-electron chi connectivity index (χ1n) is 5.73. The molecular weight excluding hydrogens is 230 g/mol. The maximum Gasteiger partial charge on any atom is 0.311 e. The van der Waals surface area contributed by atoms with Crippen LogP contribution >= 0.6 is 0 Å². The molecule has 18 heavy (non-hydrogen) atoms. The Morgan fingerprint density at radius 1 is 1.28 bits per heavy atom. The molecule has 0 heterocycles. The van der Waals surface area contributed by atoms with E-state index < -0.39 is 0 Å². The van der Waals surface area contributed by atoms with Crippen molar-refractivity contribution in [1.82, 2.24) is 0 Å². The molecule has 0 spiro atoms. The van der Waals surface area contributed by atoms with Gasteiger partial charge in [0.2, 0.25) is 0 Å². The molecule has 0 saturated carbocycles. The van der Waals surface area contributed by atoms with Crippen LogP contribution in [-0.4, -0.2) is 13.1 Å². The summed E-state index contributed by atoms with van der Waals surface area (Å²) in [6.45, 7) is 1.73. The highest BCUT2D eigenvalue weighted by Gasteiger charge is 2.16. The Balaban J connectivity index is 2.64. The van der Waals surface area contributed by atoms with Crippen LogP contribution < -0.4 is 15.2 Å². The predicted molar refractivity (Wildman–Crippen MR) is 70.8 cm³/mol. The van der Waals surface area contributed by atoms with Crippen LogP contribution in [0.2, 0.25) is 0 Å². The smallest absolute Gasteiger partial charge is 0.311 e. The summed E-state index contributed by atoms with van der Waals surface area (Å²) < 4.78 is 10.6. The van der Waals surface area contributed by atoms with E-state index in [1.807, 2.05) is 24.3 Å². The lowest BCUT2D eigenvalue weighted by atomic mass is 10.1. The molecule has 0 saturated heterocycles. The molecule has 0 aromatic heterocycles. The average molecular weight is 245 g/mol. The van der Waals surface area contributed by atoms with Gasteiger partial charge in [-0.25, -0.2) is 0 Å². The third kappa shape index (κ3) is 2.09. The number of carbonyl (C=O) groups is 1. The molecule has 0 bridgehead atoms. The standard InChI is InChI=1S/C14H15NO3/c1-3-12(16)18-14-11(15)8-9-6-4-5-7-10(9)13(14)17-2/h4-8H,3,15H2,1-2H3. The fourth-order valence-corrected chi connectivity index (χ4v) is 1.81. The highest BCUT2D eigenvalue weighted by Crippen LogP contribution is 2.40. The van der Waals surface area contributed by atoms with E-state index in [2.05, 4.69) is 0 Å². The third-order valence-corrected chi connectivity index (χ3v) is 2.69. The highest BCUT2D eigenvalue weighted by molar-refractivity contribution is 5.96. The van der Waals surface area contributed by atoms with Gasteiger partial charge in [-0.3, -0.25) is 4.79 Å². The largest absolute Gasteiger partial charge is 0.492 e. The van der Waals surface area contributed by atoms with Gasteiger partial charge in [0.25, 0.3) is 0 Å². The second-order valence-electron chi connectivity index (χ2n) is 3.88. The fourth-order valence-electron chi connectivity index (χ4n) is 1.81. The Bertz CT molecular complexity index is 593. The lowest BCUT2D eigenvalue weighted by Crippen LogP contribution is -2.08. The summed E-state index contributed by atoms with van der Waals surface area (Å²) in [5.41, 5.74) is 6.30. The zero-order valence-electron chi connectivity index (χ0n) is 10.4. The quantitative estimate of drug-likeness (QED) is 0.513. The Morgan fingerprint density at radius 3 is 2.67 bits per heavy atom. The molecule has 0 aliphatic heterocycles. The van der Waals surface area contributed by atoms with E-state index in [4.69, 9.17) is 15.2 Å². The minimum absolute atomic E-state index is 0.287. The Morgan fingerprint density at radius 2 is 2.00 bits per heavy atom. The van der Waals surface area contributed by atoms with E-state index in [-0.39, 0.29) is 12.4 Å². The maximum atomic E-state index is 11.4. The maximum absolute atomic E-state index is 11.4. The summed E-state index contributed by atoms with van der Waals surface area (Å²) in [7, 11) is 1.53. The molecular formula is C14H15NO3. The Hall–Kier alpha value is -2.23. The molecule has 0 aliphatic rings. The van der Waals surface area contributed by atoms with E-state index in [9.17, 15) is 4.79 Å². The first kappa shape index (κ1) is 12.2. The summed E-state index contributed by atoms with van der Waals surface area (Å²) in [5.74, 6) is 0.450. The van der Waals surface area contributed by atoms with Crippen molar-refractivity contribution in [1.29, 1.82) is 0 Å². The molecule has 2 N–H and O–H groups in total. The zero-order chi connectivity index (χ0) is 13.1. The number of hydrogen-bond donors (Lipinski definition) is 1. The number of methoxy groups -OCH3 is 1. The fraction of sp³-hybridized carbons (Fsp3) is 0.214. The molecule has 0 aliphatic carbocycles. The van der Waals surface area contributed by atoms with Gasteiger partial charge in [-0.2, -0.15) is 0 Å². The van der Waals surface area contributed by atoms with Crippen molar-refractivity contribution >= 4 is 22.4 Å². The summed E-state index contributed by atoms with van der Waals surface area (Å²) in [6, 6.07) is 9.41. The first-order valence-corrected chi connectivity index (χ1v) is 5.73. The first-order chi connectivity index (χ1) is 8.67. The summed E-state index contributed by atoms with van der Waals surface area (Å²) in [4.78, 5) is 11.4. The minimum atomic E-state index is -0.338. The highest BCUT2D eigenvalue weighted by atomic mass is 16.6. The van der Waals surface area contributed by atoms with Gasteiger partial charge in [-0.05, 0) is 11.5 Å². The molecule has 94 valence electrons. The number of rotatable bonds is 3. The van der Waals surface area contributed by atoms with E-state index in [1.54, 1.807) is 13.0 Å². The number of fused-ring (bicyclic) bond motifs is 1. The van der Waals surface area contributed by atoms with Crippen LogP contribution in [0.1, 0.15) is 13.3 Å². The lowest BCUT2D eigenvalue weighted by Gasteiger charge is -2.14. The Kier molecular flexibility index (Phi) is 3.37. The van der Waals surface area contributed by atoms with Crippen LogP contribution in [0.25, 0.3) is 10.8 Å². The van der Waals surface area contributed by atoms with Gasteiger partial charge >= 0.3 is 5.97 Å². The van der Waals surface area contributed by atoms with E-state index >= 15 is 0 Å². The van der Waals surface area contributed by atoms with Gasteiger partial charge in [0.05, 0.1) is 12.8 Å². The van der Waals surface area contributed by atoms with Gasteiger partial charge in [-0.1, -0.05) is 31.2 Å². The van der Waals surface area contributed by atoms with Gasteiger partial charge in [-0.15, -0.1) is 0 Å². The van der Waals surface area contributed by atoms with Crippen LogP contribution in [-0.2, 0) is 4.79 Å². The van der Waals surface area contributed by atoms with Crippen molar-refractivity contribution in [3.05, 3.63) is 30.3 Å². The lowest BCUT2D eigenvalue weighted by molar-refractivity contribution is -0.134. The van der Waals surface area contributed by atoms with Gasteiger partial charge in [0.1, 0.15) is 0 Å². The summed E-state index contributed by atoms with van der Waals surface area (Å²) in [5, 5.41) is 1.82. The molecule has 0 unspecified atom stereocenters. The van der Waals surface area contributed by atoms with Crippen molar-refractivity contribution in [2.75, 3.05) is 12.8 Å². The SMILES string of the molecule is CCC(=O)Oc1c(N)cc2ccccc2c1OC. The second-order valence-corrected chi connectivity index (χ2v) is 3.88. The third-order valence-electron chi connectivity index (χ3n) is 2.69. The van der Waals surface area contributed by atoms with Crippen LogP contribution in [0.15, 0.2) is 30.3 Å². The van der Waals surface area contributed by atoms with Gasteiger partial charge in [0, 0.05) is 11.8 Å². The molecule has 2 rings (SSSR count). The normalized spacial score (nSPS) is 10.3. The van der Waals surface area contributed by atoms with E-state index in [0.29, 0.717) is 17.2 Å². The molecule has 0 atom stereocenters. The zero-order valence-corrected chi connectivity index (χ0v) is 10.4. The van der Waals surface area contributed by atoms with Crippen LogP contribution in [0.3, 0.4) is 0 Å². The summed E-state index contributed by atoms with van der Waals surface area (Å²) >= 11 is 0. The minimum Gasteiger partial charge on any atom is -0.492 e. The molecule has 2 aromatic carbocycles. The molecule has 0 fully saturated rings. The average Bonchev–Trinajstić information content (AvgIpc) is 2.39. The topological polar surface area (TPSA) is 61.5 Å². The molecule has 2 aromatic rings. The molecule has 4 nitrogen and oxygen atoms in total. The number of anilines is 1. The number of hydrogen-bond acceptors (Lipinski definition) is 4. The number of carbonyl (C=O) groups excluding carboxylic acids is 1. The number of ether oxygens (including phenoxy) is 2. The monoisotopic (exact) mass is 245 g/mol. The van der Waals surface area contributed by atoms with Crippen molar-refractivity contribution in [3.8, 4) is 11.5 Å². The second kappa shape index (κ2) is 4.96. The van der Waals surface area contributed by atoms with Crippen LogP contribution in [0, 0.1) is 0 Å². The van der Waals surface area contributed by atoms with E-state index in [1.165, 1.54) is 7.11 Å². The van der Waals surface area contributed by atoms with Crippen LogP contribution in [0.4, 0.5) is 5.69 Å². The molecule has 0 radical (unpaired) electrons. The molecule has 4 heteroatoms. The van der Waals surface area contributed by atoms with Crippen molar-refractivity contribution in [2.45, 2.75) is 13.3 Å². The van der Waals surface area contributed by atoms with Crippen molar-refractivity contribution in [2.24, 2.45) is 0 Å². The van der Waals surface area contributed by atoms with Gasteiger partial charge in [0.15, 0.2) is 11.5 Å². The van der Waals surface area contributed by atoms with Crippen molar-refractivity contribution < 1.29 is 14.3 Å².